The molecule has 0 aliphatic rings. The number of nitrogens with two attached hydrogens (primary N) is 1. The Labute approximate surface area is 121 Å². The van der Waals surface area contributed by atoms with E-state index in [-0.39, 0.29) is 5.56 Å². The van der Waals surface area contributed by atoms with Crippen LogP contribution >= 0.6 is 0 Å². The average molecular weight is 298 g/mol. The molecule has 116 valence electrons. The van der Waals surface area contributed by atoms with Crippen molar-refractivity contribution in [2.75, 3.05) is 0 Å². The number of aliphatic hydroxyl groups excluding tert-OH is 1. The van der Waals surface area contributed by atoms with Crippen LogP contribution in [0.1, 0.15) is 32.4 Å². The fraction of sp³-hybridized carbons (Fsp3) is 0.462. The third-order valence-corrected chi connectivity index (χ3v) is 2.92. The SMILES string of the molecule is CC(C)(C)C(OC(N)=O)C(O)c1ccc(O)c([N+](=O)[O-])c1. The number of primary amides is 1. The molecule has 0 aliphatic carbocycles. The van der Waals surface area contributed by atoms with E-state index in [2.05, 4.69) is 0 Å². The molecular weight excluding hydrogens is 280 g/mol. The first-order chi connectivity index (χ1) is 9.54. The summed E-state index contributed by atoms with van der Waals surface area (Å²) in [7, 11) is 0. The van der Waals surface area contributed by atoms with Crippen LogP contribution in [0.4, 0.5) is 10.5 Å². The van der Waals surface area contributed by atoms with Crippen LogP contribution in [-0.2, 0) is 4.74 Å². The first kappa shape index (κ1) is 16.7. The monoisotopic (exact) mass is 298 g/mol. The van der Waals surface area contributed by atoms with Crippen LogP contribution in [0.5, 0.6) is 5.75 Å². The van der Waals surface area contributed by atoms with Crippen molar-refractivity contribution < 1.29 is 24.7 Å². The maximum absolute atomic E-state index is 11.0. The third-order valence-electron chi connectivity index (χ3n) is 2.92. The van der Waals surface area contributed by atoms with Gasteiger partial charge in [0.1, 0.15) is 12.2 Å². The third kappa shape index (κ3) is 4.06. The summed E-state index contributed by atoms with van der Waals surface area (Å²) in [6.45, 7) is 5.16. The number of aliphatic hydroxyl groups is 1. The quantitative estimate of drug-likeness (QED) is 0.573. The summed E-state index contributed by atoms with van der Waals surface area (Å²) in [5.41, 5.74) is 3.93. The highest BCUT2D eigenvalue weighted by Crippen LogP contribution is 2.36. The molecule has 0 spiro atoms. The topological polar surface area (TPSA) is 136 Å². The van der Waals surface area contributed by atoms with Crippen LogP contribution in [0.15, 0.2) is 18.2 Å². The Bertz CT molecular complexity index is 552. The number of nitro groups is 1. The molecule has 1 aromatic rings. The molecule has 8 nitrogen and oxygen atoms in total. The Hall–Kier alpha value is -2.35. The summed E-state index contributed by atoms with van der Waals surface area (Å²) >= 11 is 0. The van der Waals surface area contributed by atoms with Gasteiger partial charge in [0.15, 0.2) is 5.75 Å². The lowest BCUT2D eigenvalue weighted by Crippen LogP contribution is -2.38. The van der Waals surface area contributed by atoms with E-state index in [1.165, 1.54) is 6.07 Å². The summed E-state index contributed by atoms with van der Waals surface area (Å²) in [4.78, 5) is 21.0. The van der Waals surface area contributed by atoms with Gasteiger partial charge < -0.3 is 20.7 Å². The number of benzene rings is 1. The molecule has 1 aromatic carbocycles. The highest BCUT2D eigenvalue weighted by atomic mass is 16.6. The fourth-order valence-corrected chi connectivity index (χ4v) is 1.89. The summed E-state index contributed by atoms with van der Waals surface area (Å²) < 4.78 is 4.92. The second-order valence-corrected chi connectivity index (χ2v) is 5.67. The summed E-state index contributed by atoms with van der Waals surface area (Å²) in [6.07, 6.45) is -3.38. The lowest BCUT2D eigenvalue weighted by molar-refractivity contribution is -0.386. The van der Waals surface area contributed by atoms with E-state index >= 15 is 0 Å². The molecule has 4 N–H and O–H groups in total. The summed E-state index contributed by atoms with van der Waals surface area (Å²) in [6, 6.07) is 3.44. The molecule has 8 heteroatoms. The predicted molar refractivity (Wildman–Crippen MR) is 73.6 cm³/mol. The Kier molecular flexibility index (Phi) is 4.74. The van der Waals surface area contributed by atoms with Gasteiger partial charge in [0.05, 0.1) is 4.92 Å². The van der Waals surface area contributed by atoms with Gasteiger partial charge in [-0.3, -0.25) is 10.1 Å². The second kappa shape index (κ2) is 5.96. The zero-order valence-corrected chi connectivity index (χ0v) is 11.9. The minimum atomic E-state index is -1.32. The molecular formula is C13H18N2O6. The van der Waals surface area contributed by atoms with Crippen molar-refractivity contribution >= 4 is 11.8 Å². The molecule has 0 bridgehead atoms. The number of hydrogen-bond acceptors (Lipinski definition) is 6. The Balaban J connectivity index is 3.20. The average Bonchev–Trinajstić information content (AvgIpc) is 2.33. The van der Waals surface area contributed by atoms with Crippen molar-refractivity contribution in [1.29, 1.82) is 0 Å². The number of hydrogen-bond donors (Lipinski definition) is 3. The van der Waals surface area contributed by atoms with E-state index in [9.17, 15) is 25.1 Å². The number of rotatable bonds is 4. The molecule has 0 heterocycles. The lowest BCUT2D eigenvalue weighted by atomic mass is 9.83. The first-order valence-corrected chi connectivity index (χ1v) is 6.15. The summed E-state index contributed by atoms with van der Waals surface area (Å²) in [5, 5.41) is 30.5. The minimum Gasteiger partial charge on any atom is -0.502 e. The van der Waals surface area contributed by atoms with E-state index in [1.54, 1.807) is 20.8 Å². The van der Waals surface area contributed by atoms with E-state index in [4.69, 9.17) is 10.5 Å². The smallest absolute Gasteiger partial charge is 0.404 e. The zero-order valence-electron chi connectivity index (χ0n) is 11.9. The molecule has 2 atom stereocenters. The van der Waals surface area contributed by atoms with Gasteiger partial charge in [-0.1, -0.05) is 26.8 Å². The molecule has 0 radical (unpaired) electrons. The second-order valence-electron chi connectivity index (χ2n) is 5.67. The van der Waals surface area contributed by atoms with E-state index in [1.807, 2.05) is 0 Å². The Morgan fingerprint density at radius 2 is 2.00 bits per heavy atom. The Morgan fingerprint density at radius 1 is 1.43 bits per heavy atom. The number of nitrogens with zero attached hydrogens (tertiary/aromatic N) is 1. The van der Waals surface area contributed by atoms with Crippen molar-refractivity contribution in [3.8, 4) is 5.75 Å². The molecule has 0 aromatic heterocycles. The van der Waals surface area contributed by atoms with Crippen molar-refractivity contribution in [3.63, 3.8) is 0 Å². The van der Waals surface area contributed by atoms with Crippen LogP contribution in [-0.4, -0.2) is 27.3 Å². The highest BCUT2D eigenvalue weighted by molar-refractivity contribution is 5.65. The van der Waals surface area contributed by atoms with Crippen LogP contribution in [0.2, 0.25) is 0 Å². The van der Waals surface area contributed by atoms with Gasteiger partial charge in [-0.15, -0.1) is 0 Å². The van der Waals surface area contributed by atoms with E-state index in [0.29, 0.717) is 0 Å². The number of phenols is 1. The Morgan fingerprint density at radius 3 is 2.43 bits per heavy atom. The number of carbonyl (C=O) groups excluding carboxylic acids is 1. The van der Waals surface area contributed by atoms with Gasteiger partial charge in [0.25, 0.3) is 0 Å². The maximum Gasteiger partial charge on any atom is 0.404 e. The van der Waals surface area contributed by atoms with Gasteiger partial charge in [-0.25, -0.2) is 4.79 Å². The maximum atomic E-state index is 11.0. The molecule has 21 heavy (non-hydrogen) atoms. The lowest BCUT2D eigenvalue weighted by Gasteiger charge is -2.33. The first-order valence-electron chi connectivity index (χ1n) is 6.15. The number of nitro benzene ring substituents is 1. The molecule has 0 aliphatic heterocycles. The molecule has 0 saturated carbocycles. The number of phenolic OH excluding ortho intramolecular Hbond substituents is 1. The van der Waals surface area contributed by atoms with Gasteiger partial charge in [0, 0.05) is 11.5 Å². The van der Waals surface area contributed by atoms with Gasteiger partial charge >= 0.3 is 11.8 Å². The normalized spacial score (nSPS) is 14.3. The molecule has 1 amide bonds. The van der Waals surface area contributed by atoms with E-state index < -0.39 is 40.1 Å². The zero-order chi connectivity index (χ0) is 16.4. The van der Waals surface area contributed by atoms with Crippen molar-refractivity contribution in [2.24, 2.45) is 11.1 Å². The standard InChI is InChI=1S/C13H18N2O6/c1-13(2,3)11(21-12(14)18)10(17)7-4-5-9(16)8(6-7)15(19)20/h4-6,10-11,16-17H,1-3H3,(H2,14,18). The number of carbonyl (C=O) groups is 1. The minimum absolute atomic E-state index is 0.140. The fourth-order valence-electron chi connectivity index (χ4n) is 1.89. The van der Waals surface area contributed by atoms with Gasteiger partial charge in [-0.2, -0.15) is 0 Å². The highest BCUT2D eigenvalue weighted by Gasteiger charge is 2.36. The van der Waals surface area contributed by atoms with Gasteiger partial charge in [-0.05, 0) is 11.6 Å². The van der Waals surface area contributed by atoms with Crippen LogP contribution in [0, 0.1) is 15.5 Å². The predicted octanol–water partition coefficient (Wildman–Crippen LogP) is 1.84. The molecule has 0 saturated heterocycles. The van der Waals surface area contributed by atoms with Gasteiger partial charge in [0.2, 0.25) is 0 Å². The molecule has 2 unspecified atom stereocenters. The molecule has 1 rings (SSSR count). The van der Waals surface area contributed by atoms with Crippen LogP contribution in [0.25, 0.3) is 0 Å². The van der Waals surface area contributed by atoms with Crippen molar-refractivity contribution in [1.82, 2.24) is 0 Å². The number of aromatic hydroxyl groups is 1. The number of amides is 1. The van der Waals surface area contributed by atoms with Crippen molar-refractivity contribution in [3.05, 3.63) is 33.9 Å². The largest absolute Gasteiger partial charge is 0.502 e. The van der Waals surface area contributed by atoms with Crippen LogP contribution < -0.4 is 5.73 Å². The molecule has 0 fully saturated rings. The number of ether oxygens (including phenoxy) is 1. The summed E-state index contributed by atoms with van der Waals surface area (Å²) in [5.74, 6) is -0.515. The van der Waals surface area contributed by atoms with Crippen LogP contribution in [0.3, 0.4) is 0 Å². The van der Waals surface area contributed by atoms with Crippen molar-refractivity contribution in [2.45, 2.75) is 33.0 Å². The van der Waals surface area contributed by atoms with E-state index in [0.717, 1.165) is 12.1 Å².